The quantitative estimate of drug-likeness (QED) is 0.634. The van der Waals surface area contributed by atoms with Crippen LogP contribution in [0, 0.1) is 0 Å². The summed E-state index contributed by atoms with van der Waals surface area (Å²) in [6, 6.07) is 7.57. The highest BCUT2D eigenvalue weighted by Crippen LogP contribution is 2.17. The van der Waals surface area contributed by atoms with Crippen LogP contribution in [0.1, 0.15) is 42.6 Å². The van der Waals surface area contributed by atoms with E-state index in [-0.39, 0.29) is 11.9 Å². The molecule has 4 nitrogen and oxygen atoms in total. The summed E-state index contributed by atoms with van der Waals surface area (Å²) in [6.45, 7) is 5.41. The lowest BCUT2D eigenvalue weighted by Crippen LogP contribution is -2.29. The number of carbonyl (C=O) groups excluding carboxylic acids is 2. The number of hydrogen-bond acceptors (Lipinski definition) is 3. The van der Waals surface area contributed by atoms with Crippen LogP contribution in [0.2, 0.25) is 0 Å². The molecule has 1 heterocycles. The first-order valence-corrected chi connectivity index (χ1v) is 7.79. The van der Waals surface area contributed by atoms with E-state index in [0.717, 1.165) is 32.4 Å². The van der Waals surface area contributed by atoms with E-state index in [0.29, 0.717) is 12.2 Å². The Morgan fingerprint density at radius 2 is 1.91 bits per heavy atom. The highest BCUT2D eigenvalue weighted by molar-refractivity contribution is 5.89. The van der Waals surface area contributed by atoms with E-state index in [1.807, 2.05) is 29.2 Å². The lowest BCUT2D eigenvalue weighted by atomic mass is 10.0. The van der Waals surface area contributed by atoms with Crippen LogP contribution in [0.5, 0.6) is 0 Å². The number of hydrogen-bond donors (Lipinski definition) is 0. The third kappa shape index (κ3) is 4.45. The molecule has 0 atom stereocenters. The first-order chi connectivity index (χ1) is 10.6. The standard InChI is InChI=1S/C18H23NO3/c1-3-22-18(21)17-8-6-16(7-9-17)13-15-5-4-11-19(12-10-15)14(2)20/h5-9H,3-4,10-13H2,1-2H3. The summed E-state index contributed by atoms with van der Waals surface area (Å²) in [5, 5.41) is 0. The number of benzene rings is 1. The molecule has 1 aromatic carbocycles. The van der Waals surface area contributed by atoms with Gasteiger partial charge in [0, 0.05) is 20.0 Å². The maximum Gasteiger partial charge on any atom is 0.338 e. The van der Waals surface area contributed by atoms with E-state index in [1.54, 1.807) is 13.8 Å². The average Bonchev–Trinajstić information content (AvgIpc) is 2.74. The van der Waals surface area contributed by atoms with Crippen LogP contribution in [0.3, 0.4) is 0 Å². The molecule has 118 valence electrons. The molecule has 1 aliphatic rings. The van der Waals surface area contributed by atoms with Gasteiger partial charge in [0.1, 0.15) is 0 Å². The van der Waals surface area contributed by atoms with Crippen molar-refractivity contribution in [1.29, 1.82) is 0 Å². The van der Waals surface area contributed by atoms with Crippen LogP contribution in [0.4, 0.5) is 0 Å². The van der Waals surface area contributed by atoms with Gasteiger partial charge >= 0.3 is 5.97 Å². The fourth-order valence-corrected chi connectivity index (χ4v) is 2.63. The second kappa shape index (κ2) is 7.78. The van der Waals surface area contributed by atoms with Gasteiger partial charge < -0.3 is 9.64 Å². The molecule has 0 unspecified atom stereocenters. The Hall–Kier alpha value is -2.10. The Morgan fingerprint density at radius 3 is 2.55 bits per heavy atom. The fraction of sp³-hybridized carbons (Fsp3) is 0.444. The van der Waals surface area contributed by atoms with Gasteiger partial charge in [-0.15, -0.1) is 0 Å². The van der Waals surface area contributed by atoms with Gasteiger partial charge in [-0.3, -0.25) is 4.79 Å². The van der Waals surface area contributed by atoms with Crippen molar-refractivity contribution in [3.63, 3.8) is 0 Å². The Labute approximate surface area is 131 Å². The van der Waals surface area contributed by atoms with Gasteiger partial charge in [0.05, 0.1) is 12.2 Å². The van der Waals surface area contributed by atoms with E-state index < -0.39 is 0 Å². The molecule has 0 bridgehead atoms. The summed E-state index contributed by atoms with van der Waals surface area (Å²) >= 11 is 0. The zero-order valence-corrected chi connectivity index (χ0v) is 13.3. The van der Waals surface area contributed by atoms with E-state index in [1.165, 1.54) is 11.1 Å². The Morgan fingerprint density at radius 1 is 1.18 bits per heavy atom. The van der Waals surface area contributed by atoms with E-state index in [9.17, 15) is 9.59 Å². The van der Waals surface area contributed by atoms with Gasteiger partial charge in [0.15, 0.2) is 0 Å². The number of amides is 1. The lowest BCUT2D eigenvalue weighted by molar-refractivity contribution is -0.128. The molecule has 0 aromatic heterocycles. The molecule has 0 fully saturated rings. The highest BCUT2D eigenvalue weighted by Gasteiger charge is 2.13. The zero-order chi connectivity index (χ0) is 15.9. The molecule has 2 rings (SSSR count). The average molecular weight is 301 g/mol. The van der Waals surface area contributed by atoms with Gasteiger partial charge in [-0.1, -0.05) is 23.8 Å². The first-order valence-electron chi connectivity index (χ1n) is 7.79. The molecule has 1 amide bonds. The maximum atomic E-state index is 11.6. The van der Waals surface area contributed by atoms with Crippen molar-refractivity contribution in [3.8, 4) is 0 Å². The van der Waals surface area contributed by atoms with Gasteiger partial charge in [-0.25, -0.2) is 4.79 Å². The third-order valence-corrected chi connectivity index (χ3v) is 3.88. The molecule has 1 aromatic rings. The van der Waals surface area contributed by atoms with Crippen molar-refractivity contribution < 1.29 is 14.3 Å². The molecular formula is C18H23NO3. The molecule has 0 saturated carbocycles. The van der Waals surface area contributed by atoms with Crippen molar-refractivity contribution in [1.82, 2.24) is 4.90 Å². The zero-order valence-electron chi connectivity index (χ0n) is 13.3. The Kier molecular flexibility index (Phi) is 5.75. The van der Waals surface area contributed by atoms with Crippen LogP contribution in [0.25, 0.3) is 0 Å². The SMILES string of the molecule is CCOC(=O)c1ccc(CC2=CCCN(C(C)=O)CC2)cc1. The van der Waals surface area contributed by atoms with Crippen LogP contribution in [0.15, 0.2) is 35.9 Å². The first kappa shape index (κ1) is 16.3. The number of esters is 1. The highest BCUT2D eigenvalue weighted by atomic mass is 16.5. The smallest absolute Gasteiger partial charge is 0.338 e. The van der Waals surface area contributed by atoms with Crippen molar-refractivity contribution in [3.05, 3.63) is 47.0 Å². The third-order valence-electron chi connectivity index (χ3n) is 3.88. The second-order valence-electron chi connectivity index (χ2n) is 5.50. The predicted octanol–water partition coefficient (Wildman–Crippen LogP) is 2.97. The largest absolute Gasteiger partial charge is 0.462 e. The van der Waals surface area contributed by atoms with Crippen molar-refractivity contribution in [2.75, 3.05) is 19.7 Å². The number of ether oxygens (including phenoxy) is 1. The summed E-state index contributed by atoms with van der Waals surface area (Å²) < 4.78 is 4.98. The number of rotatable bonds is 4. The summed E-state index contributed by atoms with van der Waals surface area (Å²) in [4.78, 5) is 24.9. The Bertz CT molecular complexity index is 560. The minimum atomic E-state index is -0.278. The van der Waals surface area contributed by atoms with Crippen molar-refractivity contribution in [2.24, 2.45) is 0 Å². The molecule has 0 N–H and O–H groups in total. The van der Waals surface area contributed by atoms with Crippen molar-refractivity contribution in [2.45, 2.75) is 33.1 Å². The molecule has 0 spiro atoms. The van der Waals surface area contributed by atoms with Crippen molar-refractivity contribution >= 4 is 11.9 Å². The van der Waals surface area contributed by atoms with Crippen LogP contribution < -0.4 is 0 Å². The predicted molar refractivity (Wildman–Crippen MR) is 85.7 cm³/mol. The molecule has 1 aliphatic heterocycles. The van der Waals surface area contributed by atoms with E-state index in [2.05, 4.69) is 6.08 Å². The monoisotopic (exact) mass is 301 g/mol. The summed E-state index contributed by atoms with van der Waals surface area (Å²) in [5.74, 6) is -0.131. The lowest BCUT2D eigenvalue weighted by Gasteiger charge is -2.18. The summed E-state index contributed by atoms with van der Waals surface area (Å²) in [7, 11) is 0. The van der Waals surface area contributed by atoms with Gasteiger partial charge in [0.25, 0.3) is 0 Å². The van der Waals surface area contributed by atoms with Crippen LogP contribution >= 0.6 is 0 Å². The molecule has 0 saturated heterocycles. The van der Waals surface area contributed by atoms with Crippen LogP contribution in [-0.2, 0) is 16.0 Å². The molecule has 4 heteroatoms. The van der Waals surface area contributed by atoms with Crippen LogP contribution in [-0.4, -0.2) is 36.5 Å². The Balaban J connectivity index is 1.95. The van der Waals surface area contributed by atoms with E-state index in [4.69, 9.17) is 4.74 Å². The molecule has 0 radical (unpaired) electrons. The number of nitrogens with zero attached hydrogens (tertiary/aromatic N) is 1. The molecule has 0 aliphatic carbocycles. The summed E-state index contributed by atoms with van der Waals surface area (Å²) in [6.07, 6.45) is 4.94. The van der Waals surface area contributed by atoms with Gasteiger partial charge in [-0.2, -0.15) is 0 Å². The van der Waals surface area contributed by atoms with E-state index >= 15 is 0 Å². The fourth-order valence-electron chi connectivity index (χ4n) is 2.63. The minimum absolute atomic E-state index is 0.147. The topological polar surface area (TPSA) is 46.6 Å². The molecular weight excluding hydrogens is 278 g/mol. The second-order valence-corrected chi connectivity index (χ2v) is 5.50. The molecule has 22 heavy (non-hydrogen) atoms. The number of carbonyl (C=O) groups is 2. The van der Waals surface area contributed by atoms with Gasteiger partial charge in [-0.05, 0) is 43.9 Å². The van der Waals surface area contributed by atoms with Gasteiger partial charge in [0.2, 0.25) is 5.91 Å². The summed E-state index contributed by atoms with van der Waals surface area (Å²) in [5.41, 5.74) is 3.12. The maximum absolute atomic E-state index is 11.6. The minimum Gasteiger partial charge on any atom is -0.462 e. The normalized spacial score (nSPS) is 15.0.